The summed E-state index contributed by atoms with van der Waals surface area (Å²) in [6, 6.07) is 1.79. The monoisotopic (exact) mass is 277 g/mol. The number of aromatic nitrogens is 4. The molecule has 2 aromatic rings. The Labute approximate surface area is 117 Å². The zero-order valence-corrected chi connectivity index (χ0v) is 11.9. The Bertz CT molecular complexity index is 525. The van der Waals surface area contributed by atoms with Crippen molar-refractivity contribution in [2.24, 2.45) is 0 Å². The van der Waals surface area contributed by atoms with Crippen molar-refractivity contribution in [2.45, 2.75) is 20.4 Å². The summed E-state index contributed by atoms with van der Waals surface area (Å²) in [5.41, 5.74) is 0.792. The van der Waals surface area contributed by atoms with Gasteiger partial charge < -0.3 is 20.1 Å². The van der Waals surface area contributed by atoms with E-state index >= 15 is 0 Å². The van der Waals surface area contributed by atoms with E-state index < -0.39 is 0 Å². The van der Waals surface area contributed by atoms with Gasteiger partial charge in [-0.3, -0.25) is 0 Å². The van der Waals surface area contributed by atoms with Gasteiger partial charge in [0.05, 0.1) is 6.54 Å². The first-order valence-corrected chi connectivity index (χ1v) is 6.58. The topological polar surface area (TPSA) is 92.0 Å². The fourth-order valence-electron chi connectivity index (χ4n) is 1.70. The Kier molecular flexibility index (Phi) is 4.70. The van der Waals surface area contributed by atoms with Gasteiger partial charge in [0, 0.05) is 26.2 Å². The molecule has 0 atom stereocenters. The maximum absolute atomic E-state index is 4.78. The molecule has 0 saturated carbocycles. The van der Waals surface area contributed by atoms with Crippen LogP contribution in [0.4, 0.5) is 17.8 Å². The lowest BCUT2D eigenvalue weighted by molar-refractivity contribution is 0.412. The molecule has 0 aromatic carbocycles. The van der Waals surface area contributed by atoms with E-state index in [1.54, 1.807) is 13.1 Å². The van der Waals surface area contributed by atoms with Crippen LogP contribution in [0, 0.1) is 0 Å². The first kappa shape index (κ1) is 14.0. The molecule has 2 aromatic heterocycles. The van der Waals surface area contributed by atoms with Crippen LogP contribution in [-0.4, -0.2) is 40.2 Å². The maximum Gasteiger partial charge on any atom is 0.231 e. The van der Waals surface area contributed by atoms with Crippen molar-refractivity contribution in [3.05, 3.63) is 18.0 Å². The molecular formula is C12H19N7O. The summed E-state index contributed by atoms with van der Waals surface area (Å²) >= 11 is 0. The number of hydrogen-bond acceptors (Lipinski definition) is 8. The summed E-state index contributed by atoms with van der Waals surface area (Å²) < 4.78 is 4.78. The van der Waals surface area contributed by atoms with Crippen LogP contribution >= 0.6 is 0 Å². The lowest BCUT2D eigenvalue weighted by Gasteiger charge is -2.19. The molecule has 0 amide bonds. The fourth-order valence-corrected chi connectivity index (χ4v) is 1.70. The van der Waals surface area contributed by atoms with E-state index in [4.69, 9.17) is 4.52 Å². The number of nitrogens with zero attached hydrogens (tertiary/aromatic N) is 5. The van der Waals surface area contributed by atoms with Crippen LogP contribution in [-0.2, 0) is 6.54 Å². The highest BCUT2D eigenvalue weighted by atomic mass is 16.5. The molecule has 2 heterocycles. The predicted octanol–water partition coefficient (Wildman–Crippen LogP) is 1.36. The molecular weight excluding hydrogens is 258 g/mol. The van der Waals surface area contributed by atoms with E-state index in [9.17, 15) is 0 Å². The molecule has 2 rings (SSSR count). The molecule has 2 N–H and O–H groups in total. The molecule has 0 bridgehead atoms. The minimum absolute atomic E-state index is 0.501. The third-order valence-electron chi connectivity index (χ3n) is 2.81. The summed E-state index contributed by atoms with van der Waals surface area (Å²) in [6.07, 6.45) is 1.53. The van der Waals surface area contributed by atoms with Crippen molar-refractivity contribution < 1.29 is 4.52 Å². The van der Waals surface area contributed by atoms with Crippen molar-refractivity contribution in [3.63, 3.8) is 0 Å². The van der Waals surface area contributed by atoms with Crippen LogP contribution in [0.3, 0.4) is 0 Å². The Hall–Kier alpha value is -2.38. The molecule has 0 radical (unpaired) electrons. The van der Waals surface area contributed by atoms with Gasteiger partial charge in [-0.05, 0) is 13.8 Å². The second-order valence-corrected chi connectivity index (χ2v) is 4.05. The van der Waals surface area contributed by atoms with Crippen molar-refractivity contribution in [3.8, 4) is 0 Å². The van der Waals surface area contributed by atoms with Crippen LogP contribution in [0.25, 0.3) is 0 Å². The van der Waals surface area contributed by atoms with Gasteiger partial charge in [0.15, 0.2) is 0 Å². The zero-order chi connectivity index (χ0) is 14.4. The van der Waals surface area contributed by atoms with Gasteiger partial charge in [0.1, 0.15) is 12.0 Å². The quantitative estimate of drug-likeness (QED) is 0.783. The first-order valence-electron chi connectivity index (χ1n) is 6.58. The van der Waals surface area contributed by atoms with Crippen LogP contribution in [0.2, 0.25) is 0 Å². The van der Waals surface area contributed by atoms with Gasteiger partial charge in [0.25, 0.3) is 0 Å². The van der Waals surface area contributed by atoms with Gasteiger partial charge in [0.2, 0.25) is 17.8 Å². The molecule has 20 heavy (non-hydrogen) atoms. The minimum atomic E-state index is 0.501. The van der Waals surface area contributed by atoms with Gasteiger partial charge in [-0.1, -0.05) is 5.16 Å². The molecule has 0 aliphatic carbocycles. The van der Waals surface area contributed by atoms with E-state index in [0.29, 0.717) is 24.4 Å². The molecule has 0 unspecified atom stereocenters. The minimum Gasteiger partial charge on any atom is -0.364 e. The molecule has 0 spiro atoms. The maximum atomic E-state index is 4.78. The van der Waals surface area contributed by atoms with E-state index in [2.05, 4.69) is 49.5 Å². The third kappa shape index (κ3) is 3.34. The zero-order valence-electron chi connectivity index (χ0n) is 11.9. The average molecular weight is 277 g/mol. The Balaban J connectivity index is 2.16. The van der Waals surface area contributed by atoms with Crippen LogP contribution in [0.5, 0.6) is 0 Å². The SMILES string of the molecule is CCN(CC)c1nc(NC)nc(NCc2ccon2)n1. The Morgan fingerprint density at radius 3 is 2.50 bits per heavy atom. The smallest absolute Gasteiger partial charge is 0.231 e. The Morgan fingerprint density at radius 2 is 1.90 bits per heavy atom. The normalized spacial score (nSPS) is 10.3. The van der Waals surface area contributed by atoms with E-state index in [1.165, 1.54) is 6.26 Å². The lowest BCUT2D eigenvalue weighted by atomic mass is 10.4. The molecule has 8 heteroatoms. The fraction of sp³-hybridized carbons (Fsp3) is 0.500. The highest BCUT2D eigenvalue weighted by Crippen LogP contribution is 2.13. The molecule has 0 saturated heterocycles. The molecule has 108 valence electrons. The van der Waals surface area contributed by atoms with Crippen LogP contribution in [0.1, 0.15) is 19.5 Å². The second-order valence-electron chi connectivity index (χ2n) is 4.05. The molecule has 0 fully saturated rings. The van der Waals surface area contributed by atoms with Crippen LogP contribution in [0.15, 0.2) is 16.9 Å². The van der Waals surface area contributed by atoms with Gasteiger partial charge >= 0.3 is 0 Å². The van der Waals surface area contributed by atoms with Crippen LogP contribution < -0.4 is 15.5 Å². The lowest BCUT2D eigenvalue weighted by Crippen LogP contribution is -2.25. The predicted molar refractivity (Wildman–Crippen MR) is 76.8 cm³/mol. The first-order chi connectivity index (χ1) is 9.76. The average Bonchev–Trinajstić information content (AvgIpc) is 2.99. The van der Waals surface area contributed by atoms with E-state index in [1.807, 2.05) is 0 Å². The standard InChI is InChI=1S/C12H19N7O/c1-4-19(5-2)12-16-10(13-3)15-11(17-12)14-8-9-6-7-20-18-9/h6-7H,4-5,8H2,1-3H3,(H2,13,14,15,16,17). The summed E-state index contributed by atoms with van der Waals surface area (Å²) in [5, 5.41) is 9.88. The third-order valence-corrected chi connectivity index (χ3v) is 2.81. The number of rotatable bonds is 7. The second kappa shape index (κ2) is 6.69. The largest absolute Gasteiger partial charge is 0.364 e. The van der Waals surface area contributed by atoms with E-state index in [0.717, 1.165) is 18.8 Å². The van der Waals surface area contributed by atoms with Crippen molar-refractivity contribution in [1.29, 1.82) is 0 Å². The highest BCUT2D eigenvalue weighted by Gasteiger charge is 2.10. The van der Waals surface area contributed by atoms with Crippen molar-refractivity contribution >= 4 is 17.8 Å². The van der Waals surface area contributed by atoms with Gasteiger partial charge in [-0.15, -0.1) is 0 Å². The molecule has 0 aliphatic heterocycles. The number of nitrogens with one attached hydrogen (secondary N) is 2. The summed E-state index contributed by atoms with van der Waals surface area (Å²) in [6.45, 7) is 6.31. The van der Waals surface area contributed by atoms with Gasteiger partial charge in [-0.25, -0.2) is 0 Å². The van der Waals surface area contributed by atoms with Crippen molar-refractivity contribution in [2.75, 3.05) is 35.7 Å². The highest BCUT2D eigenvalue weighted by molar-refractivity contribution is 5.43. The molecule has 8 nitrogen and oxygen atoms in total. The number of anilines is 3. The summed E-state index contributed by atoms with van der Waals surface area (Å²) in [7, 11) is 1.78. The summed E-state index contributed by atoms with van der Waals surface area (Å²) in [4.78, 5) is 15.1. The number of hydrogen-bond donors (Lipinski definition) is 2. The summed E-state index contributed by atoms with van der Waals surface area (Å²) in [5.74, 6) is 1.69. The van der Waals surface area contributed by atoms with E-state index in [-0.39, 0.29) is 0 Å². The molecule has 0 aliphatic rings. The van der Waals surface area contributed by atoms with Gasteiger partial charge in [-0.2, -0.15) is 15.0 Å². The van der Waals surface area contributed by atoms with Crippen molar-refractivity contribution in [1.82, 2.24) is 20.1 Å². The Morgan fingerprint density at radius 1 is 1.15 bits per heavy atom.